The number of unbranched alkanes of at least 4 members (excludes halogenated alkanes) is 6. The topological polar surface area (TPSA) is 3.24 Å². The fourth-order valence-corrected chi connectivity index (χ4v) is 2.02. The maximum absolute atomic E-state index is 3.91. The SMILES string of the molecule is [CH2]CCCCN(CCCCC)CCCCC. The third-order valence-corrected chi connectivity index (χ3v) is 3.13. The number of rotatable bonds is 12. The lowest BCUT2D eigenvalue weighted by atomic mass is 10.2. The summed E-state index contributed by atoms with van der Waals surface area (Å²) in [5.41, 5.74) is 0. The molecule has 97 valence electrons. The lowest BCUT2D eigenvalue weighted by Crippen LogP contribution is -2.27. The van der Waals surface area contributed by atoms with Gasteiger partial charge in [0, 0.05) is 0 Å². The van der Waals surface area contributed by atoms with Crippen molar-refractivity contribution in [2.24, 2.45) is 0 Å². The van der Waals surface area contributed by atoms with Crippen LogP contribution in [0.3, 0.4) is 0 Å². The standard InChI is InChI=1S/C15H32N/c1-4-7-10-13-16(14-11-8-5-2)15-12-9-6-3/h1,4-15H2,2-3H3. The molecule has 0 N–H and O–H groups in total. The maximum atomic E-state index is 3.91. The zero-order valence-electron chi connectivity index (χ0n) is 11.6. The van der Waals surface area contributed by atoms with Crippen molar-refractivity contribution in [3.05, 3.63) is 6.92 Å². The molecule has 0 heterocycles. The van der Waals surface area contributed by atoms with Crippen LogP contribution < -0.4 is 0 Å². The van der Waals surface area contributed by atoms with E-state index in [4.69, 9.17) is 0 Å². The fourth-order valence-electron chi connectivity index (χ4n) is 2.02. The van der Waals surface area contributed by atoms with Gasteiger partial charge in [-0.15, -0.1) is 0 Å². The van der Waals surface area contributed by atoms with Gasteiger partial charge in [-0.2, -0.15) is 0 Å². The van der Waals surface area contributed by atoms with E-state index in [1.807, 2.05) is 0 Å². The van der Waals surface area contributed by atoms with Gasteiger partial charge in [-0.25, -0.2) is 0 Å². The van der Waals surface area contributed by atoms with Gasteiger partial charge in [-0.3, -0.25) is 0 Å². The molecule has 0 unspecified atom stereocenters. The van der Waals surface area contributed by atoms with Crippen LogP contribution in [0.2, 0.25) is 0 Å². The van der Waals surface area contributed by atoms with E-state index < -0.39 is 0 Å². The van der Waals surface area contributed by atoms with Crippen LogP contribution >= 0.6 is 0 Å². The molecule has 1 nitrogen and oxygen atoms in total. The number of hydrogen-bond donors (Lipinski definition) is 0. The zero-order valence-corrected chi connectivity index (χ0v) is 11.6. The van der Waals surface area contributed by atoms with E-state index in [9.17, 15) is 0 Å². The van der Waals surface area contributed by atoms with Gasteiger partial charge in [-0.05, 0) is 38.9 Å². The smallest absolute Gasteiger partial charge is 0.00187 e. The van der Waals surface area contributed by atoms with Crippen molar-refractivity contribution in [1.29, 1.82) is 0 Å². The van der Waals surface area contributed by atoms with E-state index in [0.717, 1.165) is 6.42 Å². The van der Waals surface area contributed by atoms with Gasteiger partial charge < -0.3 is 4.90 Å². The van der Waals surface area contributed by atoms with E-state index in [0.29, 0.717) is 0 Å². The van der Waals surface area contributed by atoms with E-state index >= 15 is 0 Å². The summed E-state index contributed by atoms with van der Waals surface area (Å²) >= 11 is 0. The van der Waals surface area contributed by atoms with Crippen molar-refractivity contribution in [3.8, 4) is 0 Å². The highest BCUT2D eigenvalue weighted by Gasteiger charge is 2.03. The molecule has 1 radical (unpaired) electrons. The highest BCUT2D eigenvalue weighted by molar-refractivity contribution is 4.59. The monoisotopic (exact) mass is 226 g/mol. The Bertz CT molecular complexity index is 98.8. The minimum Gasteiger partial charge on any atom is -0.303 e. The predicted molar refractivity (Wildman–Crippen MR) is 74.7 cm³/mol. The quantitative estimate of drug-likeness (QED) is 0.437. The van der Waals surface area contributed by atoms with Gasteiger partial charge in [0.2, 0.25) is 0 Å². The van der Waals surface area contributed by atoms with Gasteiger partial charge in [0.05, 0.1) is 0 Å². The van der Waals surface area contributed by atoms with Crippen LogP contribution in [-0.4, -0.2) is 24.5 Å². The van der Waals surface area contributed by atoms with Crippen LogP contribution in [0.5, 0.6) is 0 Å². The highest BCUT2D eigenvalue weighted by Crippen LogP contribution is 2.05. The third-order valence-electron chi connectivity index (χ3n) is 3.13. The van der Waals surface area contributed by atoms with Crippen LogP contribution in [0.25, 0.3) is 0 Å². The molecule has 0 aliphatic rings. The zero-order chi connectivity index (χ0) is 12.1. The minimum atomic E-state index is 1.10. The van der Waals surface area contributed by atoms with Crippen molar-refractivity contribution >= 4 is 0 Å². The first kappa shape index (κ1) is 16.0. The molecule has 0 bridgehead atoms. The van der Waals surface area contributed by atoms with E-state index in [-0.39, 0.29) is 0 Å². The van der Waals surface area contributed by atoms with Gasteiger partial charge >= 0.3 is 0 Å². The summed E-state index contributed by atoms with van der Waals surface area (Å²) in [5.74, 6) is 0. The van der Waals surface area contributed by atoms with Crippen molar-refractivity contribution in [3.63, 3.8) is 0 Å². The summed E-state index contributed by atoms with van der Waals surface area (Å²) in [6, 6.07) is 0. The molecular formula is C15H32N. The second-order valence-electron chi connectivity index (χ2n) is 4.82. The third kappa shape index (κ3) is 10.5. The Morgan fingerprint density at radius 2 is 1.12 bits per heavy atom. The van der Waals surface area contributed by atoms with Gasteiger partial charge in [0.25, 0.3) is 0 Å². The molecular weight excluding hydrogens is 194 g/mol. The first-order valence-corrected chi connectivity index (χ1v) is 7.36. The van der Waals surface area contributed by atoms with Gasteiger partial charge in [0.15, 0.2) is 0 Å². The Hall–Kier alpha value is -0.0400. The average molecular weight is 226 g/mol. The molecule has 0 aromatic carbocycles. The molecule has 0 aliphatic heterocycles. The number of hydrogen-bond acceptors (Lipinski definition) is 1. The second kappa shape index (κ2) is 13.0. The van der Waals surface area contributed by atoms with E-state index in [1.165, 1.54) is 71.0 Å². The molecule has 0 aromatic heterocycles. The summed E-state index contributed by atoms with van der Waals surface area (Å²) in [5, 5.41) is 0. The highest BCUT2D eigenvalue weighted by atomic mass is 15.1. The van der Waals surface area contributed by atoms with Gasteiger partial charge in [0.1, 0.15) is 0 Å². The Morgan fingerprint density at radius 3 is 1.50 bits per heavy atom. The molecule has 0 atom stereocenters. The number of nitrogens with zero attached hydrogens (tertiary/aromatic N) is 1. The molecule has 0 amide bonds. The lowest BCUT2D eigenvalue weighted by molar-refractivity contribution is 0.257. The van der Waals surface area contributed by atoms with Crippen LogP contribution in [0.1, 0.15) is 71.6 Å². The fraction of sp³-hybridized carbons (Fsp3) is 0.933. The maximum Gasteiger partial charge on any atom is -0.00187 e. The van der Waals surface area contributed by atoms with Crippen molar-refractivity contribution in [2.45, 2.75) is 71.6 Å². The first-order valence-electron chi connectivity index (χ1n) is 7.36. The average Bonchev–Trinajstić information content (AvgIpc) is 2.29. The Kier molecular flexibility index (Phi) is 13.0. The summed E-state index contributed by atoms with van der Waals surface area (Å²) < 4.78 is 0. The Morgan fingerprint density at radius 1 is 0.688 bits per heavy atom. The van der Waals surface area contributed by atoms with Crippen LogP contribution in [0, 0.1) is 6.92 Å². The van der Waals surface area contributed by atoms with Crippen LogP contribution in [0.15, 0.2) is 0 Å². The Labute approximate surface area is 104 Å². The molecule has 0 saturated carbocycles. The second-order valence-corrected chi connectivity index (χ2v) is 4.82. The van der Waals surface area contributed by atoms with E-state index in [1.54, 1.807) is 0 Å². The molecule has 0 saturated heterocycles. The largest absolute Gasteiger partial charge is 0.303 e. The molecule has 0 fully saturated rings. The summed E-state index contributed by atoms with van der Waals surface area (Å²) in [6.45, 7) is 12.4. The molecule has 0 spiro atoms. The normalized spacial score (nSPS) is 11.2. The van der Waals surface area contributed by atoms with E-state index in [2.05, 4.69) is 25.7 Å². The Balaban J connectivity index is 3.58. The molecule has 0 rings (SSSR count). The van der Waals surface area contributed by atoms with Crippen LogP contribution in [-0.2, 0) is 0 Å². The van der Waals surface area contributed by atoms with Crippen molar-refractivity contribution in [2.75, 3.05) is 19.6 Å². The summed E-state index contributed by atoms with van der Waals surface area (Å²) in [7, 11) is 0. The summed E-state index contributed by atoms with van der Waals surface area (Å²) in [6.07, 6.45) is 11.9. The molecule has 0 aromatic rings. The van der Waals surface area contributed by atoms with Crippen molar-refractivity contribution < 1.29 is 0 Å². The first-order chi connectivity index (χ1) is 7.85. The molecule has 0 aliphatic carbocycles. The summed E-state index contributed by atoms with van der Waals surface area (Å²) in [4.78, 5) is 2.67. The van der Waals surface area contributed by atoms with Crippen molar-refractivity contribution in [1.82, 2.24) is 4.90 Å². The van der Waals surface area contributed by atoms with Gasteiger partial charge in [-0.1, -0.05) is 59.3 Å². The lowest BCUT2D eigenvalue weighted by Gasteiger charge is -2.22. The molecule has 1 heteroatoms. The van der Waals surface area contributed by atoms with Crippen LogP contribution in [0.4, 0.5) is 0 Å². The predicted octanol–water partition coefficient (Wildman–Crippen LogP) is 4.67. The molecule has 16 heavy (non-hydrogen) atoms. The minimum absolute atomic E-state index is 1.10.